The molecule has 2 aliphatic rings. The van der Waals surface area contributed by atoms with Gasteiger partial charge in [-0.05, 0) is 14.1 Å². The molecular weight excluding hydrogens is 320 g/mol. The van der Waals surface area contributed by atoms with Gasteiger partial charge in [0.2, 0.25) is 0 Å². The Morgan fingerprint density at radius 1 is 1.43 bits per heavy atom. The Labute approximate surface area is 137 Å². The van der Waals surface area contributed by atoms with E-state index in [9.17, 15) is 8.42 Å². The highest BCUT2D eigenvalue weighted by molar-refractivity contribution is 7.89. The van der Waals surface area contributed by atoms with Crippen LogP contribution in [0.4, 0.5) is 0 Å². The molecule has 23 heavy (non-hydrogen) atoms. The first-order valence-corrected chi connectivity index (χ1v) is 9.17. The van der Waals surface area contributed by atoms with Gasteiger partial charge in [0.1, 0.15) is 0 Å². The third-order valence-electron chi connectivity index (χ3n) is 4.43. The summed E-state index contributed by atoms with van der Waals surface area (Å²) in [4.78, 5) is 6.04. The van der Waals surface area contributed by atoms with Crippen LogP contribution in [0.2, 0.25) is 0 Å². The summed E-state index contributed by atoms with van der Waals surface area (Å²) in [7, 11) is 2.11. The maximum Gasteiger partial charge on any atom is 0.262 e. The van der Waals surface area contributed by atoms with Crippen molar-refractivity contribution in [1.29, 1.82) is 0 Å². The topological polar surface area (TPSA) is 76.9 Å². The van der Waals surface area contributed by atoms with Crippen LogP contribution in [0, 0.1) is 5.92 Å². The van der Waals surface area contributed by atoms with Gasteiger partial charge >= 0.3 is 0 Å². The predicted molar refractivity (Wildman–Crippen MR) is 83.5 cm³/mol. The minimum Gasteiger partial charge on any atom is -0.379 e. The number of fused-ring (bicyclic) bond motifs is 1. The number of sulfonamides is 1. The van der Waals surface area contributed by atoms with Crippen molar-refractivity contribution >= 4 is 10.0 Å². The molecule has 2 aliphatic heterocycles. The molecule has 8 nitrogen and oxygen atoms in total. The quantitative estimate of drug-likeness (QED) is 0.685. The van der Waals surface area contributed by atoms with E-state index in [-0.39, 0.29) is 23.1 Å². The van der Waals surface area contributed by atoms with Crippen molar-refractivity contribution in [2.75, 3.05) is 47.0 Å². The van der Waals surface area contributed by atoms with Crippen LogP contribution in [0.5, 0.6) is 0 Å². The third kappa shape index (κ3) is 3.29. The molecule has 0 amide bonds. The van der Waals surface area contributed by atoms with Gasteiger partial charge in [0.15, 0.2) is 5.03 Å². The third-order valence-corrected chi connectivity index (χ3v) is 6.20. The Kier molecular flexibility index (Phi) is 4.75. The van der Waals surface area contributed by atoms with Crippen molar-refractivity contribution < 1.29 is 17.9 Å². The first-order valence-electron chi connectivity index (χ1n) is 7.73. The maximum atomic E-state index is 12.8. The van der Waals surface area contributed by atoms with Crippen molar-refractivity contribution in [3.63, 3.8) is 0 Å². The highest BCUT2D eigenvalue weighted by Gasteiger charge is 2.51. The lowest BCUT2D eigenvalue weighted by Gasteiger charge is -2.20. The van der Waals surface area contributed by atoms with Gasteiger partial charge < -0.3 is 18.9 Å². The zero-order valence-corrected chi connectivity index (χ0v) is 14.6. The Bertz CT molecular complexity index is 645. The van der Waals surface area contributed by atoms with Crippen LogP contribution in [-0.4, -0.2) is 86.3 Å². The van der Waals surface area contributed by atoms with Crippen molar-refractivity contribution in [3.05, 3.63) is 12.5 Å². The number of likely N-dealkylation sites (N-methyl/N-ethyl adjacent to an activating group) is 1. The molecule has 1 aromatic rings. The van der Waals surface area contributed by atoms with Crippen molar-refractivity contribution in [3.8, 4) is 0 Å². The Morgan fingerprint density at radius 2 is 2.22 bits per heavy atom. The van der Waals surface area contributed by atoms with Gasteiger partial charge in [0, 0.05) is 32.3 Å². The number of ether oxygens (including phenoxy) is 2. The summed E-state index contributed by atoms with van der Waals surface area (Å²) < 4.78 is 40.3. The molecule has 0 unspecified atom stereocenters. The second kappa shape index (κ2) is 6.48. The second-order valence-electron chi connectivity index (χ2n) is 6.43. The number of imidazole rings is 1. The highest BCUT2D eigenvalue weighted by atomic mass is 32.2. The number of aromatic nitrogens is 2. The molecule has 0 bridgehead atoms. The van der Waals surface area contributed by atoms with E-state index in [0.29, 0.717) is 26.4 Å². The number of nitrogens with zero attached hydrogens (tertiary/aromatic N) is 4. The first-order chi connectivity index (χ1) is 10.9. The lowest BCUT2D eigenvalue weighted by Crippen LogP contribution is -2.38. The Balaban J connectivity index is 1.75. The van der Waals surface area contributed by atoms with E-state index >= 15 is 0 Å². The zero-order chi connectivity index (χ0) is 16.6. The molecule has 0 aliphatic carbocycles. The molecule has 0 saturated carbocycles. The van der Waals surface area contributed by atoms with Gasteiger partial charge in [-0.3, -0.25) is 0 Å². The molecule has 3 rings (SSSR count). The minimum absolute atomic E-state index is 0.0830. The largest absolute Gasteiger partial charge is 0.379 e. The fourth-order valence-corrected chi connectivity index (χ4v) is 4.78. The van der Waals surface area contributed by atoms with Gasteiger partial charge in [0.05, 0.1) is 38.3 Å². The van der Waals surface area contributed by atoms with Crippen molar-refractivity contribution in [2.24, 2.45) is 13.0 Å². The molecule has 3 heterocycles. The Morgan fingerprint density at radius 3 is 2.87 bits per heavy atom. The van der Waals surface area contributed by atoms with E-state index in [4.69, 9.17) is 9.47 Å². The van der Waals surface area contributed by atoms with Crippen LogP contribution >= 0.6 is 0 Å². The maximum absolute atomic E-state index is 12.8. The SMILES string of the molecule is CN(C)CCO[C@@H]1CN(S(=O)(=O)c2cn(C)cn2)[C@H]2COC[C@@H]12. The number of rotatable bonds is 6. The first kappa shape index (κ1) is 16.8. The number of hydrogen-bond donors (Lipinski definition) is 0. The second-order valence-corrected chi connectivity index (χ2v) is 8.27. The summed E-state index contributed by atoms with van der Waals surface area (Å²) in [5.74, 6) is 0.0932. The Hall–Kier alpha value is -1.00. The fraction of sp³-hybridized carbons (Fsp3) is 0.786. The van der Waals surface area contributed by atoms with Gasteiger partial charge in [-0.2, -0.15) is 4.31 Å². The summed E-state index contributed by atoms with van der Waals surface area (Å²) in [5, 5.41) is 0.0830. The van der Waals surface area contributed by atoms with Crippen molar-refractivity contribution in [2.45, 2.75) is 17.2 Å². The van der Waals surface area contributed by atoms with E-state index in [1.807, 2.05) is 19.0 Å². The monoisotopic (exact) mass is 344 g/mol. The molecule has 3 atom stereocenters. The van der Waals surface area contributed by atoms with E-state index in [1.165, 1.54) is 16.8 Å². The zero-order valence-electron chi connectivity index (χ0n) is 13.8. The summed E-state index contributed by atoms with van der Waals surface area (Å²) in [6, 6.07) is -0.161. The molecule has 0 spiro atoms. The van der Waals surface area contributed by atoms with Crippen LogP contribution in [0.3, 0.4) is 0 Å². The summed E-state index contributed by atoms with van der Waals surface area (Å²) >= 11 is 0. The van der Waals surface area contributed by atoms with Crippen LogP contribution in [0.25, 0.3) is 0 Å². The summed E-state index contributed by atoms with van der Waals surface area (Å²) in [6.45, 7) is 2.72. The normalized spacial score (nSPS) is 28.6. The fourth-order valence-electron chi connectivity index (χ4n) is 3.14. The van der Waals surface area contributed by atoms with Crippen LogP contribution in [-0.2, 0) is 26.5 Å². The predicted octanol–water partition coefficient (Wildman–Crippen LogP) is -0.614. The number of hydrogen-bond acceptors (Lipinski definition) is 6. The lowest BCUT2D eigenvalue weighted by atomic mass is 10.0. The van der Waals surface area contributed by atoms with E-state index < -0.39 is 10.0 Å². The van der Waals surface area contributed by atoms with Gasteiger partial charge in [-0.25, -0.2) is 13.4 Å². The molecule has 0 radical (unpaired) electrons. The smallest absolute Gasteiger partial charge is 0.262 e. The standard InChI is InChI=1S/C14H24N4O4S/c1-16(2)4-5-22-13-6-18(12-9-21-8-11(12)13)23(19,20)14-7-17(3)10-15-14/h7,10-13H,4-6,8-9H2,1-3H3/t11-,12+,13-/m1/s1. The average Bonchev–Trinajstić information content (AvgIpc) is 3.15. The molecule has 1 aromatic heterocycles. The van der Waals surface area contributed by atoms with E-state index in [1.54, 1.807) is 11.6 Å². The number of aryl methyl sites for hydroxylation is 1. The molecule has 0 aromatic carbocycles. The van der Waals surface area contributed by atoms with Gasteiger partial charge in [-0.1, -0.05) is 0 Å². The highest BCUT2D eigenvalue weighted by Crippen LogP contribution is 2.35. The minimum atomic E-state index is -3.62. The van der Waals surface area contributed by atoms with Crippen LogP contribution in [0.1, 0.15) is 0 Å². The lowest BCUT2D eigenvalue weighted by molar-refractivity contribution is 0.0171. The van der Waals surface area contributed by atoms with Gasteiger partial charge in [-0.15, -0.1) is 0 Å². The molecule has 2 saturated heterocycles. The van der Waals surface area contributed by atoms with Crippen LogP contribution < -0.4 is 0 Å². The van der Waals surface area contributed by atoms with Gasteiger partial charge in [0.25, 0.3) is 10.0 Å². The van der Waals surface area contributed by atoms with E-state index in [2.05, 4.69) is 4.98 Å². The van der Waals surface area contributed by atoms with Crippen LogP contribution in [0.15, 0.2) is 17.6 Å². The van der Waals surface area contributed by atoms with E-state index in [0.717, 1.165) is 6.54 Å². The average molecular weight is 344 g/mol. The summed E-state index contributed by atoms with van der Waals surface area (Å²) in [5.41, 5.74) is 0. The summed E-state index contributed by atoms with van der Waals surface area (Å²) in [6.07, 6.45) is 2.90. The molecule has 2 fully saturated rings. The van der Waals surface area contributed by atoms with Crippen molar-refractivity contribution in [1.82, 2.24) is 18.8 Å². The molecule has 130 valence electrons. The molecule has 9 heteroatoms. The molecular formula is C14H24N4O4S. The molecule has 0 N–H and O–H groups in total.